The predicted molar refractivity (Wildman–Crippen MR) is 106 cm³/mol. The molecule has 2 saturated heterocycles. The van der Waals surface area contributed by atoms with Gasteiger partial charge in [-0.3, -0.25) is 0 Å². The van der Waals surface area contributed by atoms with Gasteiger partial charge in [-0.15, -0.1) is 0 Å². The van der Waals surface area contributed by atoms with Gasteiger partial charge in [0.15, 0.2) is 12.4 Å². The molecule has 0 radical (unpaired) electrons. The number of rotatable bonds is 6. The smallest absolute Gasteiger partial charge is 0.336 e. The van der Waals surface area contributed by atoms with Crippen molar-refractivity contribution in [1.29, 1.82) is 0 Å². The number of aliphatic hydroxyl groups excluding tert-OH is 3. The first-order valence-corrected chi connectivity index (χ1v) is 9.91. The highest BCUT2D eigenvalue weighted by Gasteiger charge is 2.56. The second-order valence-corrected chi connectivity index (χ2v) is 8.32. The Balaban J connectivity index is 1.55. The average molecular weight is 452 g/mol. The largest absolute Gasteiger partial charge is 0.496 e. The van der Waals surface area contributed by atoms with Crippen molar-refractivity contribution in [2.45, 2.75) is 62.4 Å². The molecule has 0 bridgehead atoms. The fraction of sp³-hybridized carbons (Fsp3) is 0.524. The van der Waals surface area contributed by atoms with Crippen LogP contribution in [0.2, 0.25) is 0 Å². The lowest BCUT2D eigenvalue weighted by molar-refractivity contribution is -0.317. The number of ether oxygens (including phenoxy) is 4. The highest BCUT2D eigenvalue weighted by atomic mass is 16.7. The number of hydrogen-bond donors (Lipinski definition) is 4. The lowest BCUT2D eigenvalue weighted by Crippen LogP contribution is -2.61. The molecule has 0 aliphatic carbocycles. The molecule has 4 N–H and O–H groups in total. The van der Waals surface area contributed by atoms with Crippen LogP contribution in [0.4, 0.5) is 0 Å². The molecule has 3 heterocycles. The van der Waals surface area contributed by atoms with E-state index in [9.17, 15) is 30.0 Å². The number of benzene rings is 1. The zero-order valence-corrected chi connectivity index (χ0v) is 17.5. The summed E-state index contributed by atoms with van der Waals surface area (Å²) in [5.41, 5.74) is -0.540. The van der Waals surface area contributed by atoms with E-state index >= 15 is 0 Å². The maximum Gasteiger partial charge on any atom is 0.336 e. The molecule has 7 atom stereocenters. The van der Waals surface area contributed by atoms with Crippen LogP contribution in [-0.4, -0.2) is 75.9 Å². The minimum absolute atomic E-state index is 0.358. The number of carboxylic acid groups (broad SMARTS) is 1. The van der Waals surface area contributed by atoms with E-state index in [4.69, 9.17) is 23.4 Å². The molecule has 2 aliphatic heterocycles. The summed E-state index contributed by atoms with van der Waals surface area (Å²) in [4.78, 5) is 22.8. The quantitative estimate of drug-likeness (QED) is 0.342. The molecule has 0 saturated carbocycles. The number of hydrogen-bond acceptors (Lipinski definition) is 10. The van der Waals surface area contributed by atoms with E-state index < -0.39 is 60.1 Å². The van der Waals surface area contributed by atoms with E-state index in [0.29, 0.717) is 22.3 Å². The highest BCUT2D eigenvalue weighted by Crippen LogP contribution is 2.50. The van der Waals surface area contributed by atoms with Crippen LogP contribution in [-0.2, 0) is 19.0 Å². The van der Waals surface area contributed by atoms with Crippen molar-refractivity contribution in [1.82, 2.24) is 0 Å². The van der Waals surface area contributed by atoms with Gasteiger partial charge in [0.2, 0.25) is 0 Å². The molecule has 2 fully saturated rings. The fourth-order valence-corrected chi connectivity index (χ4v) is 3.91. The summed E-state index contributed by atoms with van der Waals surface area (Å²) in [7, 11) is 1.47. The number of carbonyl (C=O) groups is 1. The molecule has 1 aromatic carbocycles. The van der Waals surface area contributed by atoms with Gasteiger partial charge in [0.25, 0.3) is 0 Å². The Morgan fingerprint density at radius 1 is 1.06 bits per heavy atom. The SMILES string of the molecule is COc1cc2oc(=O)ccc2cc1C1OC1C(C)(C)OC1OC(C(=O)O)C(O)C(O)C1O. The minimum Gasteiger partial charge on any atom is -0.496 e. The Morgan fingerprint density at radius 3 is 2.44 bits per heavy atom. The van der Waals surface area contributed by atoms with Crippen LogP contribution in [0.1, 0.15) is 25.5 Å². The van der Waals surface area contributed by atoms with E-state index in [2.05, 4.69) is 0 Å². The van der Waals surface area contributed by atoms with Crippen molar-refractivity contribution < 1.29 is 48.6 Å². The second-order valence-electron chi connectivity index (χ2n) is 8.32. The van der Waals surface area contributed by atoms with Crippen molar-refractivity contribution in [3.63, 3.8) is 0 Å². The minimum atomic E-state index is -1.81. The van der Waals surface area contributed by atoms with Crippen molar-refractivity contribution in [3.8, 4) is 5.75 Å². The van der Waals surface area contributed by atoms with Crippen LogP contribution in [0.3, 0.4) is 0 Å². The van der Waals surface area contributed by atoms with Gasteiger partial charge in [0.1, 0.15) is 41.9 Å². The van der Waals surface area contributed by atoms with Crippen LogP contribution < -0.4 is 10.4 Å². The maximum atomic E-state index is 11.5. The van der Waals surface area contributed by atoms with Crippen LogP contribution in [0.5, 0.6) is 5.75 Å². The van der Waals surface area contributed by atoms with Crippen molar-refractivity contribution in [2.24, 2.45) is 0 Å². The van der Waals surface area contributed by atoms with Gasteiger partial charge in [-0.2, -0.15) is 0 Å². The van der Waals surface area contributed by atoms with E-state index in [1.807, 2.05) is 0 Å². The first-order valence-electron chi connectivity index (χ1n) is 9.91. The van der Waals surface area contributed by atoms with Gasteiger partial charge >= 0.3 is 11.6 Å². The summed E-state index contributed by atoms with van der Waals surface area (Å²) < 4.78 is 27.4. The lowest BCUT2D eigenvalue weighted by atomic mass is 9.95. The first-order chi connectivity index (χ1) is 15.0. The molecule has 2 aromatic rings. The lowest BCUT2D eigenvalue weighted by Gasteiger charge is -2.41. The Hall–Kier alpha value is -2.54. The number of fused-ring (bicyclic) bond motifs is 1. The summed E-state index contributed by atoms with van der Waals surface area (Å²) in [5.74, 6) is -1.06. The molecule has 11 heteroatoms. The van der Waals surface area contributed by atoms with Gasteiger partial charge in [-0.25, -0.2) is 9.59 Å². The zero-order chi connectivity index (χ0) is 23.4. The third kappa shape index (κ3) is 3.98. The van der Waals surface area contributed by atoms with Crippen LogP contribution in [0.25, 0.3) is 11.0 Å². The molecular weight excluding hydrogens is 428 g/mol. The van der Waals surface area contributed by atoms with Crippen LogP contribution in [0, 0.1) is 0 Å². The van der Waals surface area contributed by atoms with Crippen LogP contribution in [0.15, 0.2) is 33.5 Å². The van der Waals surface area contributed by atoms with Gasteiger partial charge < -0.3 is 43.8 Å². The highest BCUT2D eigenvalue weighted by molar-refractivity contribution is 5.79. The molecule has 7 unspecified atom stereocenters. The third-order valence-electron chi connectivity index (χ3n) is 5.69. The predicted octanol–water partition coefficient (Wildman–Crippen LogP) is -0.0711. The van der Waals surface area contributed by atoms with E-state index in [1.165, 1.54) is 13.2 Å². The number of aliphatic hydroxyl groups is 3. The molecule has 4 rings (SSSR count). The summed E-state index contributed by atoms with van der Waals surface area (Å²) in [6, 6.07) is 6.28. The topological polar surface area (TPSA) is 168 Å². The molecule has 0 amide bonds. The molecule has 1 aromatic heterocycles. The van der Waals surface area contributed by atoms with E-state index in [-0.39, 0.29) is 0 Å². The Labute approximate surface area is 181 Å². The summed E-state index contributed by atoms with van der Waals surface area (Å²) >= 11 is 0. The average Bonchev–Trinajstić information content (AvgIpc) is 3.54. The van der Waals surface area contributed by atoms with Gasteiger partial charge in [-0.1, -0.05) is 0 Å². The summed E-state index contributed by atoms with van der Waals surface area (Å²) in [6.07, 6.45) is -9.53. The van der Waals surface area contributed by atoms with Gasteiger partial charge in [-0.05, 0) is 26.0 Å². The third-order valence-corrected chi connectivity index (χ3v) is 5.69. The number of carboxylic acids is 1. The van der Waals surface area contributed by atoms with Crippen molar-refractivity contribution in [3.05, 3.63) is 40.2 Å². The standard InChI is InChI=1S/C21H24O11/c1-21(2,32-20-15(25)13(23)14(24)17(31-20)19(26)27)18-16(30-18)9-6-8-4-5-12(22)29-10(8)7-11(9)28-3/h4-7,13-18,20,23-25H,1-3H3,(H,26,27). The Kier molecular flexibility index (Phi) is 5.74. The molecule has 32 heavy (non-hydrogen) atoms. The second kappa shape index (κ2) is 8.10. The van der Waals surface area contributed by atoms with E-state index in [1.54, 1.807) is 32.0 Å². The molecule has 11 nitrogen and oxygen atoms in total. The number of epoxide rings is 1. The molecule has 174 valence electrons. The molecular formula is C21H24O11. The Bertz CT molecular complexity index is 1080. The molecule has 2 aliphatic rings. The first kappa shape index (κ1) is 22.6. The summed E-state index contributed by atoms with van der Waals surface area (Å²) in [6.45, 7) is 3.32. The number of aliphatic carboxylic acids is 1. The van der Waals surface area contributed by atoms with Crippen molar-refractivity contribution >= 4 is 16.9 Å². The normalized spacial score (nSPS) is 32.6. The van der Waals surface area contributed by atoms with Crippen LogP contribution >= 0.6 is 0 Å². The monoisotopic (exact) mass is 452 g/mol. The van der Waals surface area contributed by atoms with Crippen molar-refractivity contribution in [2.75, 3.05) is 7.11 Å². The molecule has 0 spiro atoms. The van der Waals surface area contributed by atoms with E-state index in [0.717, 1.165) is 0 Å². The number of methoxy groups -OCH3 is 1. The maximum absolute atomic E-state index is 11.5. The van der Waals surface area contributed by atoms with Gasteiger partial charge in [0, 0.05) is 23.1 Å². The Morgan fingerprint density at radius 2 is 1.78 bits per heavy atom. The van der Waals surface area contributed by atoms with Gasteiger partial charge in [0.05, 0.1) is 12.7 Å². The summed E-state index contributed by atoms with van der Waals surface area (Å²) in [5, 5.41) is 39.9. The fourth-order valence-electron chi connectivity index (χ4n) is 3.91. The zero-order valence-electron chi connectivity index (χ0n) is 17.5.